The van der Waals surface area contributed by atoms with Crippen LogP contribution in [0.25, 0.3) is 0 Å². The van der Waals surface area contributed by atoms with Crippen molar-refractivity contribution in [2.24, 2.45) is 5.92 Å². The summed E-state index contributed by atoms with van der Waals surface area (Å²) < 4.78 is 0. The zero-order chi connectivity index (χ0) is 13.4. The molecule has 19 heavy (non-hydrogen) atoms. The van der Waals surface area contributed by atoms with E-state index in [2.05, 4.69) is 4.98 Å². The Balaban J connectivity index is 1.94. The minimum Gasteiger partial charge on any atom is -0.480 e. The lowest BCUT2D eigenvalue weighted by molar-refractivity contribution is -0.139. The van der Waals surface area contributed by atoms with Gasteiger partial charge in [-0.05, 0) is 31.6 Å². The number of anilines is 1. The van der Waals surface area contributed by atoms with E-state index in [0.29, 0.717) is 23.5 Å². The number of thiazole rings is 1. The van der Waals surface area contributed by atoms with Crippen molar-refractivity contribution < 1.29 is 9.90 Å². The summed E-state index contributed by atoms with van der Waals surface area (Å²) in [5, 5.41) is 12.5. The van der Waals surface area contributed by atoms with Crippen LogP contribution in [-0.4, -0.2) is 28.1 Å². The first-order valence-corrected chi connectivity index (χ1v) is 8.05. The van der Waals surface area contributed by atoms with Gasteiger partial charge in [-0.25, -0.2) is 9.78 Å². The maximum atomic E-state index is 11.5. The summed E-state index contributed by atoms with van der Waals surface area (Å²) in [6.45, 7) is 0. The van der Waals surface area contributed by atoms with Crippen LogP contribution in [0.5, 0.6) is 0 Å². The van der Waals surface area contributed by atoms with Crippen LogP contribution in [0.1, 0.15) is 38.5 Å². The van der Waals surface area contributed by atoms with E-state index < -0.39 is 12.0 Å². The highest BCUT2D eigenvalue weighted by Crippen LogP contribution is 2.41. The molecular formula is C13H17ClN2O2S. The van der Waals surface area contributed by atoms with Crippen molar-refractivity contribution in [2.45, 2.75) is 50.6 Å². The number of carboxylic acid groups (broad SMARTS) is 1. The largest absolute Gasteiger partial charge is 0.480 e. The number of halogens is 1. The lowest BCUT2D eigenvalue weighted by Crippen LogP contribution is -2.55. The lowest BCUT2D eigenvalue weighted by Gasteiger charge is -2.47. The molecule has 3 rings (SSSR count). The normalized spacial score (nSPS) is 31.0. The van der Waals surface area contributed by atoms with Gasteiger partial charge < -0.3 is 10.0 Å². The molecule has 2 heterocycles. The van der Waals surface area contributed by atoms with E-state index in [1.807, 2.05) is 4.90 Å². The standard InChI is InChI=1S/C13H17ClN2O2S/c14-11-7-19-13(15-11)16-9-4-2-1-3-8(9)5-6-10(16)12(17)18/h7-10H,1-6H2,(H,17,18). The van der Waals surface area contributed by atoms with E-state index in [-0.39, 0.29) is 0 Å². The van der Waals surface area contributed by atoms with E-state index in [1.54, 1.807) is 5.38 Å². The minimum absolute atomic E-state index is 0.325. The van der Waals surface area contributed by atoms with Gasteiger partial charge in [0.05, 0.1) is 0 Å². The third kappa shape index (κ3) is 2.46. The summed E-state index contributed by atoms with van der Waals surface area (Å²) in [5.74, 6) is -0.123. The molecular weight excluding hydrogens is 284 g/mol. The zero-order valence-corrected chi connectivity index (χ0v) is 12.2. The highest BCUT2D eigenvalue weighted by atomic mass is 35.5. The first-order chi connectivity index (χ1) is 9.16. The van der Waals surface area contributed by atoms with E-state index in [0.717, 1.165) is 18.0 Å². The summed E-state index contributed by atoms with van der Waals surface area (Å²) in [7, 11) is 0. The first kappa shape index (κ1) is 13.2. The molecule has 2 fully saturated rings. The van der Waals surface area contributed by atoms with Crippen LogP contribution in [0.2, 0.25) is 5.15 Å². The molecule has 1 aromatic rings. The molecule has 0 bridgehead atoms. The third-order valence-corrected chi connectivity index (χ3v) is 5.52. The van der Waals surface area contributed by atoms with Crippen LogP contribution in [0.4, 0.5) is 5.13 Å². The Bertz CT molecular complexity index is 479. The summed E-state index contributed by atoms with van der Waals surface area (Å²) in [5.41, 5.74) is 0. The SMILES string of the molecule is O=C(O)C1CCC2CCCCC2N1c1nc(Cl)cs1. The van der Waals surface area contributed by atoms with Crippen LogP contribution in [-0.2, 0) is 4.79 Å². The van der Waals surface area contributed by atoms with Crippen LogP contribution >= 0.6 is 22.9 Å². The maximum Gasteiger partial charge on any atom is 0.326 e. The smallest absolute Gasteiger partial charge is 0.326 e. The molecule has 1 aliphatic carbocycles. The second-order valence-corrected chi connectivity index (χ2v) is 6.63. The lowest BCUT2D eigenvalue weighted by atomic mass is 9.76. The Morgan fingerprint density at radius 2 is 2.16 bits per heavy atom. The second-order valence-electron chi connectivity index (χ2n) is 5.40. The average molecular weight is 301 g/mol. The fourth-order valence-corrected chi connectivity index (χ4v) is 4.57. The molecule has 1 aliphatic heterocycles. The van der Waals surface area contributed by atoms with Crippen LogP contribution < -0.4 is 4.90 Å². The molecule has 6 heteroatoms. The molecule has 1 N–H and O–H groups in total. The van der Waals surface area contributed by atoms with Crippen molar-refractivity contribution >= 4 is 34.0 Å². The Hall–Kier alpha value is -0.810. The van der Waals surface area contributed by atoms with Gasteiger partial charge in [0.2, 0.25) is 0 Å². The molecule has 0 radical (unpaired) electrons. The third-order valence-electron chi connectivity index (χ3n) is 4.34. The highest BCUT2D eigenvalue weighted by Gasteiger charge is 2.42. The van der Waals surface area contributed by atoms with Crippen molar-refractivity contribution in [3.05, 3.63) is 10.5 Å². The first-order valence-electron chi connectivity index (χ1n) is 6.79. The van der Waals surface area contributed by atoms with Gasteiger partial charge in [-0.2, -0.15) is 0 Å². The molecule has 0 aromatic carbocycles. The quantitative estimate of drug-likeness (QED) is 0.909. The van der Waals surface area contributed by atoms with Crippen molar-refractivity contribution in [3.63, 3.8) is 0 Å². The van der Waals surface area contributed by atoms with Crippen molar-refractivity contribution in [1.82, 2.24) is 4.98 Å². The molecule has 1 saturated heterocycles. The average Bonchev–Trinajstić information content (AvgIpc) is 2.83. The number of nitrogens with zero attached hydrogens (tertiary/aromatic N) is 2. The predicted octanol–water partition coefficient (Wildman–Crippen LogP) is 3.41. The molecule has 4 nitrogen and oxygen atoms in total. The van der Waals surface area contributed by atoms with Gasteiger partial charge in [-0.1, -0.05) is 24.4 Å². The Labute approximate surface area is 121 Å². The van der Waals surface area contributed by atoms with Gasteiger partial charge in [0.15, 0.2) is 5.13 Å². The Morgan fingerprint density at radius 1 is 1.37 bits per heavy atom. The van der Waals surface area contributed by atoms with Crippen molar-refractivity contribution in [2.75, 3.05) is 4.90 Å². The summed E-state index contributed by atoms with van der Waals surface area (Å²) in [4.78, 5) is 17.9. The molecule has 3 unspecified atom stereocenters. The van der Waals surface area contributed by atoms with Gasteiger partial charge >= 0.3 is 5.97 Å². The van der Waals surface area contributed by atoms with E-state index in [4.69, 9.17) is 11.6 Å². The number of hydrogen-bond donors (Lipinski definition) is 1. The van der Waals surface area contributed by atoms with Crippen LogP contribution in [0, 0.1) is 5.92 Å². The number of rotatable bonds is 2. The van der Waals surface area contributed by atoms with Crippen molar-refractivity contribution in [1.29, 1.82) is 0 Å². The second kappa shape index (κ2) is 5.29. The molecule has 0 amide bonds. The maximum absolute atomic E-state index is 11.5. The van der Waals surface area contributed by atoms with Gasteiger partial charge in [-0.15, -0.1) is 11.3 Å². The molecule has 104 valence electrons. The number of aromatic nitrogens is 1. The fourth-order valence-electron chi connectivity index (χ4n) is 3.51. The van der Waals surface area contributed by atoms with Gasteiger partial charge in [-0.3, -0.25) is 0 Å². The number of carboxylic acids is 1. The summed E-state index contributed by atoms with van der Waals surface area (Å²) in [6, 6.07) is -0.118. The van der Waals surface area contributed by atoms with Gasteiger partial charge in [0, 0.05) is 11.4 Å². The van der Waals surface area contributed by atoms with Crippen LogP contribution in [0.3, 0.4) is 0 Å². The Kier molecular flexibility index (Phi) is 3.67. The minimum atomic E-state index is -0.740. The predicted molar refractivity (Wildman–Crippen MR) is 76.0 cm³/mol. The van der Waals surface area contributed by atoms with Crippen molar-refractivity contribution in [3.8, 4) is 0 Å². The number of piperidine rings is 1. The molecule has 1 aromatic heterocycles. The number of aliphatic carboxylic acids is 1. The van der Waals surface area contributed by atoms with Gasteiger partial charge in [0.1, 0.15) is 11.2 Å². The summed E-state index contributed by atoms with van der Waals surface area (Å²) in [6.07, 6.45) is 6.48. The summed E-state index contributed by atoms with van der Waals surface area (Å²) >= 11 is 7.36. The highest BCUT2D eigenvalue weighted by molar-refractivity contribution is 7.14. The Morgan fingerprint density at radius 3 is 2.84 bits per heavy atom. The molecule has 1 saturated carbocycles. The van der Waals surface area contributed by atoms with E-state index >= 15 is 0 Å². The number of fused-ring (bicyclic) bond motifs is 1. The van der Waals surface area contributed by atoms with E-state index in [9.17, 15) is 9.90 Å². The zero-order valence-electron chi connectivity index (χ0n) is 10.6. The fraction of sp³-hybridized carbons (Fsp3) is 0.692. The van der Waals surface area contributed by atoms with Crippen LogP contribution in [0.15, 0.2) is 5.38 Å². The number of carbonyl (C=O) groups is 1. The molecule has 3 atom stereocenters. The van der Waals surface area contributed by atoms with E-state index in [1.165, 1.54) is 30.6 Å². The monoisotopic (exact) mass is 300 g/mol. The number of hydrogen-bond acceptors (Lipinski definition) is 4. The molecule has 2 aliphatic rings. The molecule has 0 spiro atoms. The van der Waals surface area contributed by atoms with Gasteiger partial charge in [0.25, 0.3) is 0 Å². The topological polar surface area (TPSA) is 53.4 Å².